The van der Waals surface area contributed by atoms with Crippen molar-refractivity contribution in [2.75, 3.05) is 38.5 Å². The van der Waals surface area contributed by atoms with Gasteiger partial charge in [0, 0.05) is 45.0 Å². The fourth-order valence-electron chi connectivity index (χ4n) is 2.70. The van der Waals surface area contributed by atoms with Gasteiger partial charge in [0.15, 0.2) is 0 Å². The molecule has 4 nitrogen and oxygen atoms in total. The minimum Gasteiger partial charge on any atom is -0.370 e. The molecule has 0 saturated carbocycles. The first-order chi connectivity index (χ1) is 9.22. The maximum atomic E-state index is 4.33. The molecule has 4 heteroatoms. The van der Waals surface area contributed by atoms with E-state index in [1.54, 1.807) is 0 Å². The van der Waals surface area contributed by atoms with Gasteiger partial charge in [0.25, 0.3) is 0 Å². The van der Waals surface area contributed by atoms with Crippen LogP contribution in [0.25, 0.3) is 0 Å². The summed E-state index contributed by atoms with van der Waals surface area (Å²) in [6.07, 6.45) is 3.13. The van der Waals surface area contributed by atoms with E-state index in [4.69, 9.17) is 0 Å². The fraction of sp³-hybridized carbons (Fsp3) is 0.667. The molecule has 2 rings (SSSR count). The molecule has 106 valence electrons. The van der Waals surface area contributed by atoms with Crippen LogP contribution in [0.2, 0.25) is 0 Å². The molecule has 0 radical (unpaired) electrons. The molecule has 1 unspecified atom stereocenters. The normalized spacial score (nSPS) is 21.5. The van der Waals surface area contributed by atoms with Gasteiger partial charge in [0.1, 0.15) is 5.82 Å². The number of aromatic nitrogens is 1. The highest BCUT2D eigenvalue weighted by molar-refractivity contribution is 5.37. The molecule has 0 spiro atoms. The van der Waals surface area contributed by atoms with Crippen molar-refractivity contribution in [3.05, 3.63) is 23.9 Å². The molecule has 1 aromatic heterocycles. The van der Waals surface area contributed by atoms with Crippen LogP contribution in [0, 0.1) is 0 Å². The number of likely N-dealkylation sites (N-methyl/N-ethyl adjacent to an activating group) is 1. The van der Waals surface area contributed by atoms with Crippen molar-refractivity contribution in [1.29, 1.82) is 0 Å². The second-order valence-electron chi connectivity index (χ2n) is 5.36. The quantitative estimate of drug-likeness (QED) is 0.880. The topological polar surface area (TPSA) is 31.4 Å². The summed E-state index contributed by atoms with van der Waals surface area (Å²) in [5.74, 6) is 0.987. The summed E-state index contributed by atoms with van der Waals surface area (Å²) >= 11 is 0. The van der Waals surface area contributed by atoms with E-state index in [0.717, 1.165) is 25.5 Å². The zero-order chi connectivity index (χ0) is 13.7. The molecule has 1 N–H and O–H groups in total. The summed E-state index contributed by atoms with van der Waals surface area (Å²) in [5, 5.41) is 3.27. The smallest absolute Gasteiger partial charge is 0.126 e. The third kappa shape index (κ3) is 3.91. The van der Waals surface area contributed by atoms with Gasteiger partial charge in [-0.3, -0.25) is 4.90 Å². The number of hydrogen-bond donors (Lipinski definition) is 1. The molecule has 1 aliphatic rings. The van der Waals surface area contributed by atoms with Gasteiger partial charge < -0.3 is 10.2 Å². The molecule has 19 heavy (non-hydrogen) atoms. The highest BCUT2D eigenvalue weighted by atomic mass is 15.3. The standard InChI is InChI=1S/C15H26N4/c1-4-14-12-19(9-8-18(14)3)11-13-6-7-17-15(10-13)16-5-2/h6-7,10,14H,4-5,8-9,11-12H2,1-3H3,(H,16,17). The molecule has 0 aliphatic carbocycles. The van der Waals surface area contributed by atoms with Gasteiger partial charge in [-0.25, -0.2) is 4.98 Å². The summed E-state index contributed by atoms with van der Waals surface area (Å²) in [5.41, 5.74) is 1.35. The summed E-state index contributed by atoms with van der Waals surface area (Å²) in [7, 11) is 2.24. The highest BCUT2D eigenvalue weighted by Crippen LogP contribution is 2.15. The number of pyridine rings is 1. The molecule has 0 aromatic carbocycles. The van der Waals surface area contributed by atoms with E-state index in [0.29, 0.717) is 6.04 Å². The average Bonchev–Trinajstić information content (AvgIpc) is 2.42. The van der Waals surface area contributed by atoms with Gasteiger partial charge in [-0.05, 0) is 38.1 Å². The summed E-state index contributed by atoms with van der Waals surface area (Å²) in [6, 6.07) is 4.99. The van der Waals surface area contributed by atoms with Gasteiger partial charge in [0.05, 0.1) is 0 Å². The van der Waals surface area contributed by atoms with E-state index in [9.17, 15) is 0 Å². The Kier molecular flexibility index (Phi) is 5.16. The minimum atomic E-state index is 0.698. The van der Waals surface area contributed by atoms with Crippen molar-refractivity contribution in [3.63, 3.8) is 0 Å². The minimum absolute atomic E-state index is 0.698. The Morgan fingerprint density at radius 3 is 2.95 bits per heavy atom. The lowest BCUT2D eigenvalue weighted by atomic mass is 10.1. The lowest BCUT2D eigenvalue weighted by Crippen LogP contribution is -2.50. The lowest BCUT2D eigenvalue weighted by molar-refractivity contribution is 0.0884. The Morgan fingerprint density at radius 2 is 2.21 bits per heavy atom. The monoisotopic (exact) mass is 262 g/mol. The van der Waals surface area contributed by atoms with Crippen LogP contribution in [-0.4, -0.2) is 54.1 Å². The third-order valence-electron chi connectivity index (χ3n) is 3.92. The Morgan fingerprint density at radius 1 is 1.37 bits per heavy atom. The maximum absolute atomic E-state index is 4.33. The van der Waals surface area contributed by atoms with E-state index in [1.165, 1.54) is 25.1 Å². The fourth-order valence-corrected chi connectivity index (χ4v) is 2.70. The van der Waals surface area contributed by atoms with Crippen molar-refractivity contribution in [2.24, 2.45) is 0 Å². The first kappa shape index (κ1) is 14.3. The Hall–Kier alpha value is -1.13. The van der Waals surface area contributed by atoms with Crippen LogP contribution >= 0.6 is 0 Å². The van der Waals surface area contributed by atoms with Gasteiger partial charge in [0.2, 0.25) is 0 Å². The second-order valence-corrected chi connectivity index (χ2v) is 5.36. The molecule has 1 saturated heterocycles. The largest absolute Gasteiger partial charge is 0.370 e. The van der Waals surface area contributed by atoms with Crippen LogP contribution in [0.15, 0.2) is 18.3 Å². The number of anilines is 1. The van der Waals surface area contributed by atoms with Crippen molar-refractivity contribution < 1.29 is 0 Å². The molecule has 1 aromatic rings. The van der Waals surface area contributed by atoms with E-state index in [-0.39, 0.29) is 0 Å². The SMILES string of the molecule is CCNc1cc(CN2CCN(C)C(CC)C2)ccn1. The van der Waals surface area contributed by atoms with E-state index < -0.39 is 0 Å². The van der Waals surface area contributed by atoms with Crippen molar-refractivity contribution in [1.82, 2.24) is 14.8 Å². The Bertz CT molecular complexity index is 393. The zero-order valence-electron chi connectivity index (χ0n) is 12.4. The molecule has 1 atom stereocenters. The number of rotatable bonds is 5. The van der Waals surface area contributed by atoms with Crippen LogP contribution < -0.4 is 5.32 Å². The predicted octanol–water partition coefficient (Wildman–Crippen LogP) is 2.04. The summed E-state index contributed by atoms with van der Waals surface area (Å²) in [6.45, 7) is 9.83. The van der Waals surface area contributed by atoms with Gasteiger partial charge in [-0.2, -0.15) is 0 Å². The number of hydrogen-bond acceptors (Lipinski definition) is 4. The van der Waals surface area contributed by atoms with Crippen LogP contribution in [-0.2, 0) is 6.54 Å². The van der Waals surface area contributed by atoms with E-state index in [2.05, 4.69) is 53.1 Å². The highest BCUT2D eigenvalue weighted by Gasteiger charge is 2.22. The van der Waals surface area contributed by atoms with Crippen molar-refractivity contribution in [2.45, 2.75) is 32.9 Å². The Balaban J connectivity index is 1.95. The molecule has 2 heterocycles. The second kappa shape index (κ2) is 6.87. The van der Waals surface area contributed by atoms with Crippen molar-refractivity contribution >= 4 is 5.82 Å². The molecule has 0 bridgehead atoms. The van der Waals surface area contributed by atoms with E-state index >= 15 is 0 Å². The van der Waals surface area contributed by atoms with E-state index in [1.807, 2.05) is 6.20 Å². The summed E-state index contributed by atoms with van der Waals surface area (Å²) in [4.78, 5) is 9.36. The third-order valence-corrected chi connectivity index (χ3v) is 3.92. The van der Waals surface area contributed by atoms with Crippen LogP contribution in [0.3, 0.4) is 0 Å². The first-order valence-corrected chi connectivity index (χ1v) is 7.34. The number of nitrogens with one attached hydrogen (secondary N) is 1. The molecule has 1 fully saturated rings. The molecular weight excluding hydrogens is 236 g/mol. The molecule has 0 amide bonds. The zero-order valence-corrected chi connectivity index (χ0v) is 12.4. The number of piperazine rings is 1. The average molecular weight is 262 g/mol. The van der Waals surface area contributed by atoms with Crippen molar-refractivity contribution in [3.8, 4) is 0 Å². The van der Waals surface area contributed by atoms with Crippen LogP contribution in [0.4, 0.5) is 5.82 Å². The van der Waals surface area contributed by atoms with Gasteiger partial charge >= 0.3 is 0 Å². The predicted molar refractivity (Wildman–Crippen MR) is 80.4 cm³/mol. The molecular formula is C15H26N4. The maximum Gasteiger partial charge on any atom is 0.126 e. The van der Waals surface area contributed by atoms with Gasteiger partial charge in [-0.1, -0.05) is 6.92 Å². The molecule has 1 aliphatic heterocycles. The van der Waals surface area contributed by atoms with Crippen LogP contribution in [0.5, 0.6) is 0 Å². The Labute approximate surface area is 116 Å². The first-order valence-electron chi connectivity index (χ1n) is 7.34. The lowest BCUT2D eigenvalue weighted by Gasteiger charge is -2.39. The van der Waals surface area contributed by atoms with Gasteiger partial charge in [-0.15, -0.1) is 0 Å². The summed E-state index contributed by atoms with van der Waals surface area (Å²) < 4.78 is 0. The van der Waals surface area contributed by atoms with Crippen LogP contribution in [0.1, 0.15) is 25.8 Å². The number of nitrogens with zero attached hydrogens (tertiary/aromatic N) is 3.